The van der Waals surface area contributed by atoms with Gasteiger partial charge in [0.15, 0.2) is 0 Å². The third kappa shape index (κ3) is 4.91. The first-order valence-electron chi connectivity index (χ1n) is 9.88. The van der Waals surface area contributed by atoms with Crippen LogP contribution in [0.2, 0.25) is 0 Å². The summed E-state index contributed by atoms with van der Waals surface area (Å²) >= 11 is 2.79. The number of hydrogen-bond donors (Lipinski definition) is 3. The van der Waals surface area contributed by atoms with Crippen molar-refractivity contribution in [3.63, 3.8) is 0 Å². The van der Waals surface area contributed by atoms with Crippen LogP contribution in [0.4, 0.5) is 5.00 Å². The predicted molar refractivity (Wildman–Crippen MR) is 119 cm³/mol. The molecule has 30 heavy (non-hydrogen) atoms. The van der Waals surface area contributed by atoms with E-state index in [4.69, 9.17) is 0 Å². The van der Waals surface area contributed by atoms with Crippen LogP contribution in [0.5, 0.6) is 0 Å². The highest BCUT2D eigenvalue weighted by molar-refractivity contribution is 7.99. The molecule has 0 saturated carbocycles. The number of aryl methyl sites for hydroxylation is 2. The summed E-state index contributed by atoms with van der Waals surface area (Å²) in [5, 5.41) is 13.9. The number of thioether (sulfide) groups is 1. The molecule has 2 aromatic heterocycles. The summed E-state index contributed by atoms with van der Waals surface area (Å²) in [7, 11) is 0. The van der Waals surface area contributed by atoms with E-state index in [2.05, 4.69) is 25.8 Å². The molecule has 0 spiro atoms. The van der Waals surface area contributed by atoms with E-state index in [9.17, 15) is 9.59 Å². The highest BCUT2D eigenvalue weighted by Gasteiger charge is 2.26. The van der Waals surface area contributed by atoms with Gasteiger partial charge in [0.1, 0.15) is 10.8 Å². The van der Waals surface area contributed by atoms with E-state index in [-0.39, 0.29) is 17.6 Å². The van der Waals surface area contributed by atoms with E-state index in [1.165, 1.54) is 28.0 Å². The Bertz CT molecular complexity index is 1050. The minimum absolute atomic E-state index is 0.134. The van der Waals surface area contributed by atoms with Gasteiger partial charge < -0.3 is 10.6 Å². The number of aromatic amines is 1. The lowest BCUT2D eigenvalue weighted by molar-refractivity contribution is -0.113. The molecule has 0 fully saturated rings. The number of nitrogens with one attached hydrogen (secondary N) is 3. The molecule has 1 aromatic carbocycles. The summed E-state index contributed by atoms with van der Waals surface area (Å²) < 4.78 is 0. The van der Waals surface area contributed by atoms with Crippen molar-refractivity contribution in [3.05, 3.63) is 57.7 Å². The number of carbonyl (C=O) groups is 2. The Morgan fingerprint density at radius 2 is 2.00 bits per heavy atom. The Hall–Kier alpha value is -2.65. The van der Waals surface area contributed by atoms with Gasteiger partial charge in [0.05, 0.1) is 11.3 Å². The third-order valence-electron chi connectivity index (χ3n) is 4.86. The first-order valence-corrected chi connectivity index (χ1v) is 11.7. The number of anilines is 1. The molecule has 1 aliphatic rings. The number of fused-ring (bicyclic) bond motifs is 1. The van der Waals surface area contributed by atoms with Crippen molar-refractivity contribution < 1.29 is 9.59 Å². The maximum absolute atomic E-state index is 13.1. The van der Waals surface area contributed by atoms with Crippen molar-refractivity contribution in [2.75, 3.05) is 11.1 Å². The number of nitrogens with zero attached hydrogens (tertiary/aromatic N) is 2. The van der Waals surface area contributed by atoms with Gasteiger partial charge in [-0.3, -0.25) is 14.7 Å². The molecule has 9 heteroatoms. The van der Waals surface area contributed by atoms with Crippen molar-refractivity contribution in [1.82, 2.24) is 20.5 Å². The van der Waals surface area contributed by atoms with Gasteiger partial charge in [-0.25, -0.2) is 4.98 Å². The molecule has 7 nitrogen and oxygen atoms in total. The van der Waals surface area contributed by atoms with Gasteiger partial charge in [-0.05, 0) is 43.7 Å². The summed E-state index contributed by atoms with van der Waals surface area (Å²) in [5.74, 6) is 0.593. The molecule has 4 rings (SSSR count). The normalized spacial score (nSPS) is 13.0. The fraction of sp³-hybridized carbons (Fsp3) is 0.333. The smallest absolute Gasteiger partial charge is 0.254 e. The van der Waals surface area contributed by atoms with E-state index >= 15 is 0 Å². The summed E-state index contributed by atoms with van der Waals surface area (Å²) in [5.41, 5.74) is 2.75. The second kappa shape index (κ2) is 9.44. The van der Waals surface area contributed by atoms with E-state index in [0.717, 1.165) is 36.8 Å². The fourth-order valence-electron chi connectivity index (χ4n) is 3.44. The number of aromatic nitrogens is 3. The average Bonchev–Trinajstić information content (AvgIpc) is 3.34. The topological polar surface area (TPSA) is 99.8 Å². The lowest BCUT2D eigenvalue weighted by Gasteiger charge is -2.13. The quantitative estimate of drug-likeness (QED) is 0.485. The van der Waals surface area contributed by atoms with Gasteiger partial charge in [0, 0.05) is 11.4 Å². The van der Waals surface area contributed by atoms with Crippen LogP contribution in [-0.4, -0.2) is 32.7 Å². The van der Waals surface area contributed by atoms with E-state index in [1.807, 2.05) is 37.3 Å². The molecule has 0 aliphatic heterocycles. The number of rotatable bonds is 7. The lowest BCUT2D eigenvalue weighted by Crippen LogP contribution is -2.25. The van der Waals surface area contributed by atoms with E-state index in [1.54, 1.807) is 0 Å². The number of amides is 2. The first kappa shape index (κ1) is 20.6. The number of hydrogen-bond acceptors (Lipinski definition) is 6. The molecular formula is C21H23N5O2S2. The summed E-state index contributed by atoms with van der Waals surface area (Å²) in [6, 6.07) is 9.81. The predicted octanol–water partition coefficient (Wildman–Crippen LogP) is 3.71. The van der Waals surface area contributed by atoms with E-state index < -0.39 is 0 Å². The Kier molecular flexibility index (Phi) is 6.49. The van der Waals surface area contributed by atoms with Gasteiger partial charge in [0.25, 0.3) is 5.91 Å². The van der Waals surface area contributed by atoms with Crippen LogP contribution >= 0.6 is 23.1 Å². The maximum atomic E-state index is 13.1. The Labute approximate surface area is 183 Å². The van der Waals surface area contributed by atoms with Crippen molar-refractivity contribution in [3.8, 4) is 0 Å². The molecule has 156 valence electrons. The zero-order valence-corrected chi connectivity index (χ0v) is 18.3. The second-order valence-corrected chi connectivity index (χ2v) is 9.17. The van der Waals surface area contributed by atoms with Gasteiger partial charge in [-0.2, -0.15) is 0 Å². The third-order valence-corrected chi connectivity index (χ3v) is 6.91. The number of benzene rings is 1. The Morgan fingerprint density at radius 3 is 2.77 bits per heavy atom. The summed E-state index contributed by atoms with van der Waals surface area (Å²) in [4.78, 5) is 31.0. The molecule has 3 aromatic rings. The lowest BCUT2D eigenvalue weighted by atomic mass is 9.95. The van der Waals surface area contributed by atoms with Gasteiger partial charge in [-0.1, -0.05) is 42.1 Å². The van der Waals surface area contributed by atoms with Gasteiger partial charge >= 0.3 is 0 Å². The van der Waals surface area contributed by atoms with Crippen LogP contribution < -0.4 is 10.6 Å². The molecule has 0 atom stereocenters. The minimum atomic E-state index is -0.168. The average molecular weight is 442 g/mol. The summed E-state index contributed by atoms with van der Waals surface area (Å²) in [6.07, 6.45) is 4.02. The Morgan fingerprint density at radius 1 is 1.20 bits per heavy atom. The van der Waals surface area contributed by atoms with Crippen LogP contribution in [0.25, 0.3) is 0 Å². The standard InChI is InChI=1S/C21H23N5O2S2/c1-13-23-21(26-25-13)29-12-17(27)24-20-18(15-9-5-6-10-16(15)30-20)19(28)22-11-14-7-3-2-4-8-14/h2-4,7-8H,5-6,9-12H2,1H3,(H,22,28)(H,24,27)(H,23,25,26). The molecule has 2 heterocycles. The van der Waals surface area contributed by atoms with Gasteiger partial charge in [-0.15, -0.1) is 16.4 Å². The van der Waals surface area contributed by atoms with Crippen molar-refractivity contribution in [2.45, 2.75) is 44.3 Å². The zero-order chi connectivity index (χ0) is 20.9. The first-order chi connectivity index (χ1) is 14.6. The second-order valence-electron chi connectivity index (χ2n) is 7.12. The largest absolute Gasteiger partial charge is 0.348 e. The van der Waals surface area contributed by atoms with Crippen LogP contribution in [0.15, 0.2) is 35.5 Å². The highest BCUT2D eigenvalue weighted by atomic mass is 32.2. The highest BCUT2D eigenvalue weighted by Crippen LogP contribution is 2.38. The minimum Gasteiger partial charge on any atom is -0.348 e. The number of carbonyl (C=O) groups excluding carboxylic acids is 2. The number of thiophene rings is 1. The molecule has 0 radical (unpaired) electrons. The van der Waals surface area contributed by atoms with Crippen LogP contribution in [0.3, 0.4) is 0 Å². The zero-order valence-electron chi connectivity index (χ0n) is 16.7. The van der Waals surface area contributed by atoms with Gasteiger partial charge in [0.2, 0.25) is 11.1 Å². The summed E-state index contributed by atoms with van der Waals surface area (Å²) in [6.45, 7) is 2.27. The molecule has 0 saturated heterocycles. The Balaban J connectivity index is 1.47. The molecule has 3 N–H and O–H groups in total. The van der Waals surface area contributed by atoms with Crippen LogP contribution in [0.1, 0.15) is 45.0 Å². The molecule has 1 aliphatic carbocycles. The monoisotopic (exact) mass is 441 g/mol. The molecular weight excluding hydrogens is 418 g/mol. The molecule has 0 unspecified atom stereocenters. The molecule has 2 amide bonds. The SMILES string of the molecule is Cc1nc(SCC(=O)Nc2sc3c(c2C(=O)NCc2ccccc2)CCCC3)n[nH]1. The number of H-pyrrole nitrogens is 1. The maximum Gasteiger partial charge on any atom is 0.254 e. The van der Waals surface area contributed by atoms with E-state index in [0.29, 0.717) is 28.1 Å². The molecule has 0 bridgehead atoms. The van der Waals surface area contributed by atoms with Crippen molar-refractivity contribution in [1.29, 1.82) is 0 Å². The van der Waals surface area contributed by atoms with Crippen molar-refractivity contribution >= 4 is 39.9 Å². The fourth-order valence-corrected chi connectivity index (χ4v) is 5.39. The van der Waals surface area contributed by atoms with Crippen LogP contribution in [-0.2, 0) is 24.2 Å². The van der Waals surface area contributed by atoms with Crippen LogP contribution in [0, 0.1) is 6.92 Å². The van der Waals surface area contributed by atoms with Crippen molar-refractivity contribution in [2.24, 2.45) is 0 Å².